The fraction of sp³-hybridized carbons (Fsp3) is 0.100. The van der Waals surface area contributed by atoms with E-state index in [0.29, 0.717) is 0 Å². The zero-order chi connectivity index (χ0) is 12.6. The number of hydrogen-bond acceptors (Lipinski definition) is 3. The Morgan fingerprint density at radius 3 is 2.24 bits per heavy atom. The number of anilines is 1. The van der Waals surface area contributed by atoms with Crippen molar-refractivity contribution in [3.05, 3.63) is 30.3 Å². The molecule has 0 saturated carbocycles. The molecule has 1 aromatic carbocycles. The Labute approximate surface area is 106 Å². The van der Waals surface area contributed by atoms with Crippen LogP contribution in [-0.4, -0.2) is 22.2 Å². The number of imide groups is 2. The summed E-state index contributed by atoms with van der Waals surface area (Å²) in [5.41, 5.74) is 0.285. The van der Waals surface area contributed by atoms with Gasteiger partial charge in [0.25, 0.3) is 16.1 Å². The maximum Gasteiger partial charge on any atom is 0.335 e. The van der Waals surface area contributed by atoms with Crippen LogP contribution in [0.4, 0.5) is 10.5 Å². The molecule has 0 spiro atoms. The minimum Gasteiger partial charge on any atom is -0.274 e. The van der Waals surface area contributed by atoms with Gasteiger partial charge < -0.3 is 0 Å². The van der Waals surface area contributed by atoms with E-state index in [2.05, 4.69) is 0 Å². The molecule has 4 amide bonds. The molecule has 2 rings (SSSR count). The summed E-state index contributed by atoms with van der Waals surface area (Å²) in [6.07, 6.45) is 0. The first kappa shape index (κ1) is 11.9. The molecule has 1 aliphatic rings. The van der Waals surface area contributed by atoms with Crippen LogP contribution in [0, 0.1) is 0 Å². The van der Waals surface area contributed by atoms with Crippen molar-refractivity contribution in [2.75, 3.05) is 4.90 Å². The van der Waals surface area contributed by atoms with Crippen molar-refractivity contribution < 1.29 is 14.4 Å². The first-order chi connectivity index (χ1) is 7.94. The first-order valence-electron chi connectivity index (χ1n) is 4.57. The Bertz CT molecular complexity index is 502. The zero-order valence-electron chi connectivity index (χ0n) is 8.31. The van der Waals surface area contributed by atoms with E-state index >= 15 is 0 Å². The molecule has 17 heavy (non-hydrogen) atoms. The number of carbonyl (C=O) groups excluding carboxylic acids is 3. The third-order valence-electron chi connectivity index (χ3n) is 2.19. The largest absolute Gasteiger partial charge is 0.335 e. The number of carbonyl (C=O) groups is 3. The van der Waals surface area contributed by atoms with E-state index in [1.54, 1.807) is 18.2 Å². The number of alkyl halides is 2. The van der Waals surface area contributed by atoms with Crippen LogP contribution >= 0.6 is 23.2 Å². The molecular weight excluding hydrogens is 267 g/mol. The molecule has 1 heterocycles. The van der Waals surface area contributed by atoms with Gasteiger partial charge in [0, 0.05) is 0 Å². The lowest BCUT2D eigenvalue weighted by Crippen LogP contribution is -2.63. The van der Waals surface area contributed by atoms with E-state index in [0.717, 1.165) is 4.90 Å². The number of urea groups is 1. The second kappa shape index (κ2) is 4.01. The predicted molar refractivity (Wildman–Crippen MR) is 61.9 cm³/mol. The Morgan fingerprint density at radius 2 is 1.65 bits per heavy atom. The molecule has 0 unspecified atom stereocenters. The highest BCUT2D eigenvalue weighted by Gasteiger charge is 2.52. The Morgan fingerprint density at radius 1 is 1.06 bits per heavy atom. The van der Waals surface area contributed by atoms with Crippen molar-refractivity contribution in [3.63, 3.8) is 0 Å². The van der Waals surface area contributed by atoms with Gasteiger partial charge in [-0.3, -0.25) is 14.9 Å². The number of nitrogens with one attached hydrogen (secondary N) is 1. The summed E-state index contributed by atoms with van der Waals surface area (Å²) in [5, 5.41) is 1.91. The highest BCUT2D eigenvalue weighted by atomic mass is 35.5. The van der Waals surface area contributed by atoms with Crippen molar-refractivity contribution >= 4 is 46.7 Å². The number of halogens is 2. The lowest BCUT2D eigenvalue weighted by molar-refractivity contribution is -0.129. The van der Waals surface area contributed by atoms with Gasteiger partial charge in [-0.2, -0.15) is 0 Å². The lowest BCUT2D eigenvalue weighted by atomic mass is 10.2. The zero-order valence-corrected chi connectivity index (χ0v) is 9.83. The maximum absolute atomic E-state index is 11.8. The molecule has 88 valence electrons. The van der Waals surface area contributed by atoms with Crippen LogP contribution in [-0.2, 0) is 9.59 Å². The first-order valence-corrected chi connectivity index (χ1v) is 5.33. The molecular formula is C10H6Cl2N2O3. The number of barbiturate groups is 1. The van der Waals surface area contributed by atoms with Crippen molar-refractivity contribution in [3.8, 4) is 0 Å². The van der Waals surface area contributed by atoms with Gasteiger partial charge in [0.15, 0.2) is 0 Å². The van der Waals surface area contributed by atoms with Gasteiger partial charge in [0.1, 0.15) is 0 Å². The number of hydrogen-bond donors (Lipinski definition) is 1. The van der Waals surface area contributed by atoms with Gasteiger partial charge in [0.05, 0.1) is 5.69 Å². The molecule has 0 aromatic heterocycles. The number of benzene rings is 1. The van der Waals surface area contributed by atoms with Gasteiger partial charge >= 0.3 is 6.03 Å². The quantitative estimate of drug-likeness (QED) is 0.622. The summed E-state index contributed by atoms with van der Waals surface area (Å²) < 4.78 is -2.29. The average Bonchev–Trinajstić information content (AvgIpc) is 2.28. The molecule has 1 N–H and O–H groups in total. The molecule has 1 saturated heterocycles. The molecule has 0 aliphatic carbocycles. The fourth-order valence-corrected chi connectivity index (χ4v) is 1.64. The van der Waals surface area contributed by atoms with Gasteiger partial charge in [-0.15, -0.1) is 0 Å². The molecule has 1 aromatic rings. The summed E-state index contributed by atoms with van der Waals surface area (Å²) in [6.45, 7) is 0. The van der Waals surface area contributed by atoms with Gasteiger partial charge in [-0.25, -0.2) is 9.69 Å². The van der Waals surface area contributed by atoms with Crippen LogP contribution in [0.25, 0.3) is 0 Å². The second-order valence-electron chi connectivity index (χ2n) is 3.31. The number of para-hydroxylation sites is 1. The molecule has 0 atom stereocenters. The molecule has 0 radical (unpaired) electrons. The van der Waals surface area contributed by atoms with Crippen LogP contribution < -0.4 is 10.2 Å². The summed E-state index contributed by atoms with van der Waals surface area (Å²) >= 11 is 11.2. The van der Waals surface area contributed by atoms with E-state index in [1.807, 2.05) is 5.32 Å². The van der Waals surface area contributed by atoms with E-state index in [1.165, 1.54) is 12.1 Å². The average molecular weight is 273 g/mol. The standard InChI is InChI=1S/C10H6Cl2N2O3/c11-10(12)7(15)13-9(17)14(8(10)16)6-4-2-1-3-5-6/h1-5H,(H,13,15,17). The highest BCUT2D eigenvalue weighted by Crippen LogP contribution is 2.30. The fourth-order valence-electron chi connectivity index (χ4n) is 1.37. The van der Waals surface area contributed by atoms with Crippen LogP contribution in [0.1, 0.15) is 0 Å². The van der Waals surface area contributed by atoms with Crippen LogP contribution in [0.2, 0.25) is 0 Å². The second-order valence-corrected chi connectivity index (χ2v) is 4.64. The Hall–Kier alpha value is -1.59. The lowest BCUT2D eigenvalue weighted by Gasteiger charge is -2.31. The summed E-state index contributed by atoms with van der Waals surface area (Å²) in [5.74, 6) is -2.02. The number of nitrogens with zero attached hydrogens (tertiary/aromatic N) is 1. The van der Waals surface area contributed by atoms with Crippen molar-refractivity contribution in [1.29, 1.82) is 0 Å². The SMILES string of the molecule is O=C1NC(=O)C(Cl)(Cl)C(=O)N1c1ccccc1. The molecule has 1 aliphatic heterocycles. The molecule has 1 fully saturated rings. The third kappa shape index (κ3) is 1.87. The van der Waals surface area contributed by atoms with E-state index in [9.17, 15) is 14.4 Å². The van der Waals surface area contributed by atoms with E-state index < -0.39 is 22.2 Å². The van der Waals surface area contributed by atoms with Gasteiger partial charge in [-0.05, 0) is 12.1 Å². The minimum atomic E-state index is -2.29. The van der Waals surface area contributed by atoms with Crippen molar-refractivity contribution in [2.24, 2.45) is 0 Å². The summed E-state index contributed by atoms with van der Waals surface area (Å²) in [7, 11) is 0. The van der Waals surface area contributed by atoms with Crippen LogP contribution in [0.3, 0.4) is 0 Å². The van der Waals surface area contributed by atoms with Gasteiger partial charge in [-0.1, -0.05) is 41.4 Å². The normalized spacial score (nSPS) is 19.2. The number of amides is 4. The highest BCUT2D eigenvalue weighted by molar-refractivity contribution is 6.71. The van der Waals surface area contributed by atoms with Gasteiger partial charge in [0.2, 0.25) is 0 Å². The van der Waals surface area contributed by atoms with E-state index in [4.69, 9.17) is 23.2 Å². The smallest absolute Gasteiger partial charge is 0.274 e. The summed E-state index contributed by atoms with van der Waals surface area (Å²) in [6, 6.07) is 7.17. The molecule has 0 bridgehead atoms. The monoisotopic (exact) mass is 272 g/mol. The maximum atomic E-state index is 11.8. The Kier molecular flexibility index (Phi) is 2.81. The Balaban J connectivity index is 2.45. The molecule has 7 heteroatoms. The van der Waals surface area contributed by atoms with Crippen molar-refractivity contribution in [1.82, 2.24) is 5.32 Å². The van der Waals surface area contributed by atoms with Crippen LogP contribution in [0.15, 0.2) is 30.3 Å². The molecule has 5 nitrogen and oxygen atoms in total. The van der Waals surface area contributed by atoms with E-state index in [-0.39, 0.29) is 5.69 Å². The number of rotatable bonds is 1. The minimum absolute atomic E-state index is 0.285. The predicted octanol–water partition coefficient (Wildman–Crippen LogP) is 1.44. The van der Waals surface area contributed by atoms with Crippen molar-refractivity contribution in [2.45, 2.75) is 4.33 Å². The topological polar surface area (TPSA) is 66.5 Å². The summed E-state index contributed by atoms with van der Waals surface area (Å²) in [4.78, 5) is 35.4. The third-order valence-corrected chi connectivity index (χ3v) is 2.86. The van der Waals surface area contributed by atoms with Crippen LogP contribution in [0.5, 0.6) is 0 Å².